The highest BCUT2D eigenvalue weighted by molar-refractivity contribution is 5.98. The normalized spacial score (nSPS) is 10.8. The Labute approximate surface area is 183 Å². The fraction of sp³-hybridized carbons (Fsp3) is 0.280. The van der Waals surface area contributed by atoms with E-state index in [2.05, 4.69) is 15.5 Å². The summed E-state index contributed by atoms with van der Waals surface area (Å²) in [5, 5.41) is 7.80. The van der Waals surface area contributed by atoms with Crippen molar-refractivity contribution in [3.8, 4) is 5.75 Å². The Morgan fingerprint density at radius 3 is 2.52 bits per heavy atom. The Morgan fingerprint density at radius 2 is 1.71 bits per heavy atom. The average molecular weight is 420 g/mol. The second kappa shape index (κ2) is 11.1. The van der Waals surface area contributed by atoms with Gasteiger partial charge in [0.15, 0.2) is 0 Å². The number of benzene rings is 3. The first-order valence-corrected chi connectivity index (χ1v) is 10.4. The number of nitrogens with one attached hydrogen (secondary N) is 2. The number of rotatable bonds is 10. The third-order valence-corrected chi connectivity index (χ3v) is 4.84. The second-order valence-corrected chi connectivity index (χ2v) is 7.64. The van der Waals surface area contributed by atoms with Crippen LogP contribution in [0.2, 0.25) is 0 Å². The molecule has 0 saturated carbocycles. The predicted molar refractivity (Wildman–Crippen MR) is 123 cm³/mol. The van der Waals surface area contributed by atoms with E-state index in [1.807, 2.05) is 74.8 Å². The van der Waals surface area contributed by atoms with Gasteiger partial charge in [-0.15, -0.1) is 0 Å². The third kappa shape index (κ3) is 7.12. The molecular formula is C25H29N3O3. The molecule has 0 radical (unpaired) electrons. The number of hydrogen-bond donors (Lipinski definition) is 2. The molecular weight excluding hydrogens is 390 g/mol. The Morgan fingerprint density at radius 1 is 0.903 bits per heavy atom. The molecule has 0 spiro atoms. The summed E-state index contributed by atoms with van der Waals surface area (Å²) in [4.78, 5) is 26.6. The van der Waals surface area contributed by atoms with Gasteiger partial charge in [-0.2, -0.15) is 0 Å². The number of likely N-dealkylation sites (N-methyl/N-ethyl adjacent to an activating group) is 1. The van der Waals surface area contributed by atoms with Crippen LogP contribution in [0.25, 0.3) is 10.8 Å². The molecule has 0 heterocycles. The highest BCUT2D eigenvalue weighted by atomic mass is 16.5. The SMILES string of the molecule is CN(C)CCOc1cccc(CNC(=O)CCNC(=O)c2ccc3ccccc3c2)c1. The van der Waals surface area contributed by atoms with E-state index in [4.69, 9.17) is 4.74 Å². The monoisotopic (exact) mass is 419 g/mol. The predicted octanol–water partition coefficient (Wildman–Crippen LogP) is 3.22. The number of nitrogens with zero attached hydrogens (tertiary/aromatic N) is 1. The molecule has 0 unspecified atom stereocenters. The topological polar surface area (TPSA) is 70.7 Å². The van der Waals surface area contributed by atoms with E-state index in [1.54, 1.807) is 6.07 Å². The Bertz CT molecular complexity index is 1030. The maximum atomic E-state index is 12.4. The molecule has 6 heteroatoms. The van der Waals surface area contributed by atoms with Crippen LogP contribution in [0.4, 0.5) is 0 Å². The number of amides is 2. The van der Waals surface area contributed by atoms with Crippen LogP contribution in [0.5, 0.6) is 5.75 Å². The molecule has 6 nitrogen and oxygen atoms in total. The molecule has 0 saturated heterocycles. The molecule has 0 aromatic heterocycles. The summed E-state index contributed by atoms with van der Waals surface area (Å²) >= 11 is 0. The minimum absolute atomic E-state index is 0.113. The van der Waals surface area contributed by atoms with Gasteiger partial charge in [0.05, 0.1) is 0 Å². The van der Waals surface area contributed by atoms with Crippen molar-refractivity contribution in [2.45, 2.75) is 13.0 Å². The molecule has 2 N–H and O–H groups in total. The lowest BCUT2D eigenvalue weighted by Gasteiger charge is -2.12. The van der Waals surface area contributed by atoms with E-state index in [9.17, 15) is 9.59 Å². The summed E-state index contributed by atoms with van der Waals surface area (Å²) in [6.07, 6.45) is 0.221. The summed E-state index contributed by atoms with van der Waals surface area (Å²) in [6.45, 7) is 2.15. The number of fused-ring (bicyclic) bond motifs is 1. The van der Waals surface area contributed by atoms with Crippen molar-refractivity contribution in [2.75, 3.05) is 33.8 Å². The van der Waals surface area contributed by atoms with Crippen LogP contribution in [-0.2, 0) is 11.3 Å². The van der Waals surface area contributed by atoms with E-state index in [-0.39, 0.29) is 24.8 Å². The van der Waals surface area contributed by atoms with Gasteiger partial charge in [0.2, 0.25) is 5.91 Å². The molecule has 31 heavy (non-hydrogen) atoms. The van der Waals surface area contributed by atoms with Gasteiger partial charge in [0.25, 0.3) is 5.91 Å². The van der Waals surface area contributed by atoms with Crippen molar-refractivity contribution in [1.82, 2.24) is 15.5 Å². The smallest absolute Gasteiger partial charge is 0.251 e. The van der Waals surface area contributed by atoms with Crippen LogP contribution in [-0.4, -0.2) is 50.5 Å². The van der Waals surface area contributed by atoms with Gasteiger partial charge in [-0.1, -0.05) is 42.5 Å². The van der Waals surface area contributed by atoms with Crippen molar-refractivity contribution in [3.05, 3.63) is 77.9 Å². The summed E-state index contributed by atoms with van der Waals surface area (Å²) in [5.41, 5.74) is 1.56. The van der Waals surface area contributed by atoms with Gasteiger partial charge in [0.1, 0.15) is 12.4 Å². The van der Waals surface area contributed by atoms with Gasteiger partial charge < -0.3 is 20.3 Å². The van der Waals surface area contributed by atoms with Crippen LogP contribution in [0.15, 0.2) is 66.7 Å². The molecule has 0 aliphatic rings. The van der Waals surface area contributed by atoms with Gasteiger partial charge >= 0.3 is 0 Å². The molecule has 3 rings (SSSR count). The Hall–Kier alpha value is -3.38. The molecule has 0 fully saturated rings. The summed E-state index contributed by atoms with van der Waals surface area (Å²) in [7, 11) is 4.00. The molecule has 2 amide bonds. The van der Waals surface area contributed by atoms with Gasteiger partial charge in [-0.3, -0.25) is 9.59 Å². The molecule has 0 bridgehead atoms. The molecule has 162 valence electrons. The fourth-order valence-corrected chi connectivity index (χ4v) is 3.10. The zero-order valence-corrected chi connectivity index (χ0v) is 18.1. The number of carbonyl (C=O) groups excluding carboxylic acids is 2. The maximum absolute atomic E-state index is 12.4. The van der Waals surface area contributed by atoms with Crippen molar-refractivity contribution in [2.24, 2.45) is 0 Å². The lowest BCUT2D eigenvalue weighted by atomic mass is 10.1. The van der Waals surface area contributed by atoms with Crippen LogP contribution in [0.1, 0.15) is 22.3 Å². The quantitative estimate of drug-likeness (QED) is 0.529. The zero-order chi connectivity index (χ0) is 22.1. The van der Waals surface area contributed by atoms with Crippen LogP contribution >= 0.6 is 0 Å². The number of hydrogen-bond acceptors (Lipinski definition) is 4. The average Bonchev–Trinajstić information content (AvgIpc) is 2.77. The largest absolute Gasteiger partial charge is 0.492 e. The Balaban J connectivity index is 1.40. The van der Waals surface area contributed by atoms with Crippen molar-refractivity contribution >= 4 is 22.6 Å². The lowest BCUT2D eigenvalue weighted by Crippen LogP contribution is -2.30. The molecule has 3 aromatic carbocycles. The second-order valence-electron chi connectivity index (χ2n) is 7.64. The van der Waals surface area contributed by atoms with Gasteiger partial charge in [-0.25, -0.2) is 0 Å². The molecule has 0 aliphatic heterocycles. The highest BCUT2D eigenvalue weighted by Gasteiger charge is 2.08. The highest BCUT2D eigenvalue weighted by Crippen LogP contribution is 2.15. The molecule has 0 aliphatic carbocycles. The van der Waals surface area contributed by atoms with Crippen LogP contribution in [0.3, 0.4) is 0 Å². The maximum Gasteiger partial charge on any atom is 0.251 e. The first kappa shape index (κ1) is 22.3. The minimum atomic E-state index is -0.180. The number of ether oxygens (including phenoxy) is 1. The first-order chi connectivity index (χ1) is 15.0. The van der Waals surface area contributed by atoms with Crippen LogP contribution < -0.4 is 15.4 Å². The van der Waals surface area contributed by atoms with Crippen molar-refractivity contribution in [1.29, 1.82) is 0 Å². The standard InChI is InChI=1S/C25H29N3O3/c1-28(2)14-15-31-23-9-5-6-19(16-23)18-27-24(29)12-13-26-25(30)22-11-10-20-7-3-4-8-21(20)17-22/h3-11,16-17H,12-15,18H2,1-2H3,(H,26,30)(H,27,29). The van der Waals surface area contributed by atoms with E-state index >= 15 is 0 Å². The van der Waals surface area contributed by atoms with Crippen molar-refractivity contribution in [3.63, 3.8) is 0 Å². The third-order valence-electron chi connectivity index (χ3n) is 4.84. The van der Waals surface area contributed by atoms with E-state index < -0.39 is 0 Å². The van der Waals surface area contributed by atoms with Gasteiger partial charge in [-0.05, 0) is 54.7 Å². The summed E-state index contributed by atoms with van der Waals surface area (Å²) < 4.78 is 5.72. The van der Waals surface area contributed by atoms with E-state index in [0.717, 1.165) is 28.6 Å². The lowest BCUT2D eigenvalue weighted by molar-refractivity contribution is -0.121. The fourth-order valence-electron chi connectivity index (χ4n) is 3.10. The van der Waals surface area contributed by atoms with Crippen LogP contribution in [0, 0.1) is 0 Å². The summed E-state index contributed by atoms with van der Waals surface area (Å²) in [6, 6.07) is 21.2. The zero-order valence-electron chi connectivity index (χ0n) is 18.1. The molecule has 3 aromatic rings. The number of carbonyl (C=O) groups is 2. The van der Waals surface area contributed by atoms with E-state index in [1.165, 1.54) is 0 Å². The Kier molecular flexibility index (Phi) is 8.01. The van der Waals surface area contributed by atoms with Gasteiger partial charge in [0, 0.05) is 31.6 Å². The van der Waals surface area contributed by atoms with Crippen molar-refractivity contribution < 1.29 is 14.3 Å². The first-order valence-electron chi connectivity index (χ1n) is 10.4. The van der Waals surface area contributed by atoms with E-state index in [0.29, 0.717) is 18.7 Å². The summed E-state index contributed by atoms with van der Waals surface area (Å²) in [5.74, 6) is 0.495. The molecule has 0 atom stereocenters. The minimum Gasteiger partial charge on any atom is -0.492 e.